The van der Waals surface area contributed by atoms with Crippen LogP contribution >= 0.6 is 43.2 Å². The highest BCUT2D eigenvalue weighted by molar-refractivity contribution is 9.11. The number of hydrogen-bond acceptors (Lipinski definition) is 3. The molecule has 2 nitrogen and oxygen atoms in total. The largest absolute Gasteiger partial charge is 0.253 e. The Morgan fingerprint density at radius 2 is 1.74 bits per heavy atom. The third-order valence-electron chi connectivity index (χ3n) is 2.62. The summed E-state index contributed by atoms with van der Waals surface area (Å²) in [5, 5.41) is 2.97. The van der Waals surface area contributed by atoms with E-state index in [0.29, 0.717) is 0 Å². The second-order valence-electron chi connectivity index (χ2n) is 3.85. The molecule has 0 atom stereocenters. The van der Waals surface area contributed by atoms with Crippen LogP contribution < -0.4 is 0 Å². The van der Waals surface area contributed by atoms with Crippen molar-refractivity contribution in [1.82, 2.24) is 9.97 Å². The Balaban J connectivity index is 2.06. The van der Waals surface area contributed by atoms with E-state index < -0.39 is 0 Å². The van der Waals surface area contributed by atoms with Crippen molar-refractivity contribution in [3.63, 3.8) is 0 Å². The van der Waals surface area contributed by atoms with E-state index in [1.165, 1.54) is 0 Å². The van der Waals surface area contributed by atoms with Crippen LogP contribution in [-0.4, -0.2) is 9.97 Å². The van der Waals surface area contributed by atoms with Crippen LogP contribution in [0.4, 0.5) is 0 Å². The molecule has 0 saturated heterocycles. The number of nitrogens with zero attached hydrogens (tertiary/aromatic N) is 2. The minimum atomic E-state index is 0.880. The number of rotatable bonds is 2. The molecule has 0 aliphatic rings. The molecule has 0 spiro atoms. The maximum atomic E-state index is 4.67. The summed E-state index contributed by atoms with van der Waals surface area (Å²) in [6, 6.07) is 11.9. The van der Waals surface area contributed by atoms with Gasteiger partial charge in [-0.3, -0.25) is 4.98 Å². The molecular formula is C14H8Br2N2S. The lowest BCUT2D eigenvalue weighted by atomic mass is 10.2. The zero-order valence-corrected chi connectivity index (χ0v) is 13.7. The van der Waals surface area contributed by atoms with Crippen molar-refractivity contribution in [3.8, 4) is 22.0 Å². The Labute approximate surface area is 131 Å². The fourth-order valence-electron chi connectivity index (χ4n) is 1.72. The highest BCUT2D eigenvalue weighted by atomic mass is 79.9. The summed E-state index contributed by atoms with van der Waals surface area (Å²) in [7, 11) is 0. The van der Waals surface area contributed by atoms with E-state index >= 15 is 0 Å². The normalized spacial score (nSPS) is 10.6. The van der Waals surface area contributed by atoms with Crippen molar-refractivity contribution in [2.24, 2.45) is 0 Å². The number of benzene rings is 1. The molecule has 0 aliphatic heterocycles. The van der Waals surface area contributed by atoms with Crippen LogP contribution in [0.3, 0.4) is 0 Å². The molecule has 2 aromatic heterocycles. The predicted molar refractivity (Wildman–Crippen MR) is 86.2 cm³/mol. The Morgan fingerprint density at radius 3 is 2.53 bits per heavy atom. The number of halogens is 2. The summed E-state index contributed by atoms with van der Waals surface area (Å²) in [4.78, 5) is 9.04. The van der Waals surface area contributed by atoms with Gasteiger partial charge < -0.3 is 0 Å². The third-order valence-corrected chi connectivity index (χ3v) is 4.80. The van der Waals surface area contributed by atoms with Crippen LogP contribution in [0, 0.1) is 0 Å². The smallest absolute Gasteiger partial charge is 0.143 e. The van der Waals surface area contributed by atoms with Gasteiger partial charge in [-0.25, -0.2) is 4.98 Å². The lowest BCUT2D eigenvalue weighted by Crippen LogP contribution is -1.84. The molecule has 0 aliphatic carbocycles. The Bertz CT molecular complexity index is 665. The zero-order chi connectivity index (χ0) is 13.2. The molecule has 0 radical (unpaired) electrons. The van der Waals surface area contributed by atoms with E-state index in [-0.39, 0.29) is 0 Å². The van der Waals surface area contributed by atoms with Gasteiger partial charge in [0.15, 0.2) is 0 Å². The Morgan fingerprint density at radius 1 is 0.947 bits per heavy atom. The standard InChI is InChI=1S/C14H8Br2N2S/c15-10-5-2-1-4-9(10)12-8-19-14(18-12)13-11(16)6-3-7-17-13/h1-8H. The van der Waals surface area contributed by atoms with E-state index in [0.717, 1.165) is 30.9 Å². The van der Waals surface area contributed by atoms with Gasteiger partial charge in [0, 0.05) is 26.1 Å². The minimum absolute atomic E-state index is 0.880. The molecule has 1 aromatic carbocycles. The van der Waals surface area contributed by atoms with Crippen LogP contribution in [0.1, 0.15) is 0 Å². The van der Waals surface area contributed by atoms with Crippen molar-refractivity contribution in [2.75, 3.05) is 0 Å². The summed E-state index contributed by atoms with van der Waals surface area (Å²) in [5.74, 6) is 0. The van der Waals surface area contributed by atoms with Crippen LogP contribution in [0.5, 0.6) is 0 Å². The van der Waals surface area contributed by atoms with E-state index in [1.807, 2.05) is 30.3 Å². The molecule has 5 heteroatoms. The van der Waals surface area contributed by atoms with E-state index in [4.69, 9.17) is 0 Å². The average Bonchev–Trinajstić information content (AvgIpc) is 2.89. The monoisotopic (exact) mass is 394 g/mol. The van der Waals surface area contributed by atoms with Crippen molar-refractivity contribution in [1.29, 1.82) is 0 Å². The van der Waals surface area contributed by atoms with Gasteiger partial charge in [-0.2, -0.15) is 0 Å². The number of hydrogen-bond donors (Lipinski definition) is 0. The maximum absolute atomic E-state index is 4.67. The molecule has 0 bridgehead atoms. The topological polar surface area (TPSA) is 25.8 Å². The van der Waals surface area contributed by atoms with Gasteiger partial charge in [-0.15, -0.1) is 11.3 Å². The number of pyridine rings is 1. The lowest BCUT2D eigenvalue weighted by molar-refractivity contribution is 1.28. The first kappa shape index (κ1) is 13.0. The molecule has 2 heterocycles. The summed E-state index contributed by atoms with van der Waals surface area (Å²) in [6.07, 6.45) is 1.78. The van der Waals surface area contributed by atoms with Gasteiger partial charge in [0.1, 0.15) is 10.7 Å². The summed E-state index contributed by atoms with van der Waals surface area (Å²) in [6.45, 7) is 0. The third kappa shape index (κ3) is 2.63. The molecule has 3 rings (SSSR count). The van der Waals surface area contributed by atoms with Gasteiger partial charge in [0.2, 0.25) is 0 Å². The fraction of sp³-hybridized carbons (Fsp3) is 0. The summed E-state index contributed by atoms with van der Waals surface area (Å²) in [5.41, 5.74) is 2.94. The maximum Gasteiger partial charge on any atom is 0.143 e. The van der Waals surface area contributed by atoms with Crippen LogP contribution in [-0.2, 0) is 0 Å². The van der Waals surface area contributed by atoms with Crippen molar-refractivity contribution < 1.29 is 0 Å². The SMILES string of the molecule is Brc1ccccc1-c1csc(-c2ncccc2Br)n1. The first-order chi connectivity index (χ1) is 9.25. The zero-order valence-electron chi connectivity index (χ0n) is 9.68. The van der Waals surface area contributed by atoms with Gasteiger partial charge >= 0.3 is 0 Å². The van der Waals surface area contributed by atoms with E-state index in [9.17, 15) is 0 Å². The average molecular weight is 396 g/mol. The van der Waals surface area contributed by atoms with Crippen molar-refractivity contribution in [2.45, 2.75) is 0 Å². The predicted octanol–water partition coefficient (Wildman–Crippen LogP) is 5.40. The molecular weight excluding hydrogens is 388 g/mol. The van der Waals surface area contributed by atoms with Crippen LogP contribution in [0.2, 0.25) is 0 Å². The molecule has 0 amide bonds. The quantitative estimate of drug-likeness (QED) is 0.580. The minimum Gasteiger partial charge on any atom is -0.253 e. The van der Waals surface area contributed by atoms with Gasteiger partial charge in [0.25, 0.3) is 0 Å². The first-order valence-corrected chi connectivity index (χ1v) is 8.03. The number of aromatic nitrogens is 2. The van der Waals surface area contributed by atoms with Gasteiger partial charge in [-0.1, -0.05) is 34.1 Å². The van der Waals surface area contributed by atoms with Crippen LogP contribution in [0.15, 0.2) is 56.9 Å². The molecule has 19 heavy (non-hydrogen) atoms. The molecule has 0 unspecified atom stereocenters. The molecule has 3 aromatic rings. The van der Waals surface area contributed by atoms with Crippen LogP contribution in [0.25, 0.3) is 22.0 Å². The second-order valence-corrected chi connectivity index (χ2v) is 6.42. The highest BCUT2D eigenvalue weighted by Crippen LogP contribution is 2.34. The Kier molecular flexibility index (Phi) is 3.77. The molecule has 0 saturated carbocycles. The summed E-state index contributed by atoms with van der Waals surface area (Å²) >= 11 is 8.66. The highest BCUT2D eigenvalue weighted by Gasteiger charge is 2.11. The molecule has 0 fully saturated rings. The fourth-order valence-corrected chi connectivity index (χ4v) is 3.61. The number of thiazole rings is 1. The van der Waals surface area contributed by atoms with E-state index in [1.54, 1.807) is 17.5 Å². The molecule has 94 valence electrons. The first-order valence-electron chi connectivity index (χ1n) is 5.57. The Hall–Kier alpha value is -1.04. The molecule has 0 N–H and O–H groups in total. The van der Waals surface area contributed by atoms with Crippen molar-refractivity contribution >= 4 is 43.2 Å². The van der Waals surface area contributed by atoms with E-state index in [2.05, 4.69) is 53.3 Å². The lowest BCUT2D eigenvalue weighted by Gasteiger charge is -2.00. The second kappa shape index (κ2) is 5.53. The van der Waals surface area contributed by atoms with Crippen molar-refractivity contribution in [3.05, 3.63) is 56.9 Å². The summed E-state index contributed by atoms with van der Waals surface area (Å²) < 4.78 is 2.01. The van der Waals surface area contributed by atoms with Gasteiger partial charge in [0.05, 0.1) is 5.69 Å². The van der Waals surface area contributed by atoms with Gasteiger partial charge in [-0.05, 0) is 34.1 Å².